The number of hydrogen-bond donors (Lipinski definition) is 1. The van der Waals surface area contributed by atoms with Crippen molar-refractivity contribution in [3.8, 4) is 0 Å². The first-order valence-corrected chi connectivity index (χ1v) is 7.94. The number of rotatable bonds is 7. The molecule has 1 atom stereocenters. The molecule has 0 saturated carbocycles. The van der Waals surface area contributed by atoms with Gasteiger partial charge >= 0.3 is 0 Å². The molecule has 0 aromatic carbocycles. The van der Waals surface area contributed by atoms with E-state index in [0.29, 0.717) is 6.54 Å². The van der Waals surface area contributed by atoms with Gasteiger partial charge in [0.2, 0.25) is 11.8 Å². The summed E-state index contributed by atoms with van der Waals surface area (Å²) in [5.41, 5.74) is -0.230. The van der Waals surface area contributed by atoms with Crippen molar-refractivity contribution < 1.29 is 9.59 Å². The van der Waals surface area contributed by atoms with E-state index in [1.807, 2.05) is 20.8 Å². The lowest BCUT2D eigenvalue weighted by Gasteiger charge is -2.38. The van der Waals surface area contributed by atoms with Crippen LogP contribution in [0.2, 0.25) is 0 Å². The van der Waals surface area contributed by atoms with Crippen molar-refractivity contribution in [3.63, 3.8) is 0 Å². The first-order chi connectivity index (χ1) is 9.36. The molecule has 116 valence electrons. The maximum absolute atomic E-state index is 12.4. The maximum Gasteiger partial charge on any atom is 0.246 e. The van der Waals surface area contributed by atoms with Gasteiger partial charge in [0, 0.05) is 6.54 Å². The van der Waals surface area contributed by atoms with E-state index >= 15 is 0 Å². The van der Waals surface area contributed by atoms with Gasteiger partial charge in [0.15, 0.2) is 0 Å². The molecule has 0 aromatic rings. The van der Waals surface area contributed by atoms with Crippen molar-refractivity contribution in [1.29, 1.82) is 0 Å². The average Bonchev–Trinajstić information content (AvgIpc) is 2.35. The maximum atomic E-state index is 12.4. The van der Waals surface area contributed by atoms with Gasteiger partial charge in [0.05, 0.1) is 6.54 Å². The number of nitrogens with one attached hydrogen (secondary N) is 1. The van der Waals surface area contributed by atoms with E-state index in [-0.39, 0.29) is 29.8 Å². The van der Waals surface area contributed by atoms with Crippen LogP contribution in [0, 0.1) is 5.41 Å². The van der Waals surface area contributed by atoms with Crippen molar-refractivity contribution in [2.24, 2.45) is 5.41 Å². The molecule has 1 unspecified atom stereocenters. The molecule has 1 aliphatic rings. The van der Waals surface area contributed by atoms with Gasteiger partial charge in [-0.3, -0.25) is 9.59 Å². The first-order valence-electron chi connectivity index (χ1n) is 7.94. The lowest BCUT2D eigenvalue weighted by atomic mass is 9.84. The second kappa shape index (κ2) is 7.65. The number of amides is 2. The molecule has 0 radical (unpaired) electrons. The standard InChI is InChI=1S/C16H30N2O2/c1-5-6-7-8-9-10-11-18-12-13(19)17-14(15(18)20)16(2,3)4/h14H,5-12H2,1-4H3,(H,17,19). The molecule has 4 nitrogen and oxygen atoms in total. The van der Waals surface area contributed by atoms with Crippen LogP contribution in [0.15, 0.2) is 0 Å². The van der Waals surface area contributed by atoms with E-state index in [0.717, 1.165) is 12.8 Å². The number of nitrogens with zero attached hydrogens (tertiary/aromatic N) is 1. The zero-order valence-corrected chi connectivity index (χ0v) is 13.5. The summed E-state index contributed by atoms with van der Waals surface area (Å²) >= 11 is 0. The Balaban J connectivity index is 2.40. The highest BCUT2D eigenvalue weighted by molar-refractivity contribution is 5.95. The molecule has 1 rings (SSSR count). The van der Waals surface area contributed by atoms with Crippen LogP contribution in [0.25, 0.3) is 0 Å². The summed E-state index contributed by atoms with van der Waals surface area (Å²) in [5.74, 6) is 0.0427. The Hall–Kier alpha value is -1.06. The third-order valence-corrected chi connectivity index (χ3v) is 3.85. The second-order valence-electron chi connectivity index (χ2n) is 6.89. The normalized spacial score (nSPS) is 20.2. The SMILES string of the molecule is CCCCCCCCN1CC(=O)NC(C(C)(C)C)C1=O. The van der Waals surface area contributed by atoms with Gasteiger partial charge < -0.3 is 10.2 Å². The molecule has 20 heavy (non-hydrogen) atoms. The van der Waals surface area contributed by atoms with Crippen LogP contribution in [0.3, 0.4) is 0 Å². The van der Waals surface area contributed by atoms with Crippen molar-refractivity contribution in [1.82, 2.24) is 10.2 Å². The summed E-state index contributed by atoms with van der Waals surface area (Å²) in [4.78, 5) is 25.9. The molecule has 1 heterocycles. The molecule has 2 amide bonds. The number of carbonyl (C=O) groups is 2. The topological polar surface area (TPSA) is 49.4 Å². The molecule has 0 spiro atoms. The Morgan fingerprint density at radius 2 is 1.70 bits per heavy atom. The Morgan fingerprint density at radius 1 is 1.10 bits per heavy atom. The smallest absolute Gasteiger partial charge is 0.246 e. The number of carbonyl (C=O) groups excluding carboxylic acids is 2. The van der Waals surface area contributed by atoms with E-state index < -0.39 is 0 Å². The minimum absolute atomic E-state index is 0.0319. The molecule has 1 saturated heterocycles. The molecular formula is C16H30N2O2. The highest BCUT2D eigenvalue weighted by Crippen LogP contribution is 2.23. The molecule has 0 aromatic heterocycles. The minimum Gasteiger partial charge on any atom is -0.342 e. The van der Waals surface area contributed by atoms with Crippen LogP contribution in [0.4, 0.5) is 0 Å². The molecule has 1 N–H and O–H groups in total. The largest absolute Gasteiger partial charge is 0.342 e. The molecule has 1 aliphatic heterocycles. The summed E-state index contributed by atoms with van der Waals surface area (Å²) in [7, 11) is 0. The van der Waals surface area contributed by atoms with Gasteiger partial charge in [-0.25, -0.2) is 0 Å². The van der Waals surface area contributed by atoms with Crippen molar-refractivity contribution in [2.75, 3.05) is 13.1 Å². The third-order valence-electron chi connectivity index (χ3n) is 3.85. The highest BCUT2D eigenvalue weighted by atomic mass is 16.2. The van der Waals surface area contributed by atoms with Gasteiger partial charge in [-0.15, -0.1) is 0 Å². The van der Waals surface area contributed by atoms with E-state index in [2.05, 4.69) is 12.2 Å². The monoisotopic (exact) mass is 282 g/mol. The Kier molecular flexibility index (Phi) is 6.50. The lowest BCUT2D eigenvalue weighted by molar-refractivity contribution is -0.147. The zero-order valence-electron chi connectivity index (χ0n) is 13.5. The average molecular weight is 282 g/mol. The number of hydrogen-bond acceptors (Lipinski definition) is 2. The van der Waals surface area contributed by atoms with Gasteiger partial charge in [-0.1, -0.05) is 59.8 Å². The van der Waals surface area contributed by atoms with Gasteiger partial charge in [-0.05, 0) is 11.8 Å². The van der Waals surface area contributed by atoms with Crippen LogP contribution >= 0.6 is 0 Å². The van der Waals surface area contributed by atoms with Crippen LogP contribution in [-0.4, -0.2) is 35.8 Å². The van der Waals surface area contributed by atoms with Crippen molar-refractivity contribution in [2.45, 2.75) is 72.3 Å². The van der Waals surface area contributed by atoms with Crippen molar-refractivity contribution >= 4 is 11.8 Å². The zero-order chi connectivity index (χ0) is 15.2. The van der Waals surface area contributed by atoms with E-state index in [4.69, 9.17) is 0 Å². The second-order valence-corrected chi connectivity index (χ2v) is 6.89. The van der Waals surface area contributed by atoms with Crippen LogP contribution in [0.1, 0.15) is 66.2 Å². The number of unbranched alkanes of at least 4 members (excludes halogenated alkanes) is 5. The summed E-state index contributed by atoms with van der Waals surface area (Å²) in [6, 6.07) is -0.385. The van der Waals surface area contributed by atoms with Crippen LogP contribution in [-0.2, 0) is 9.59 Å². The molecule has 4 heteroatoms. The predicted molar refractivity (Wildman–Crippen MR) is 81.3 cm³/mol. The van der Waals surface area contributed by atoms with E-state index in [1.54, 1.807) is 4.90 Å². The fourth-order valence-corrected chi connectivity index (χ4v) is 2.56. The van der Waals surface area contributed by atoms with Gasteiger partial charge in [0.25, 0.3) is 0 Å². The Labute approximate surface area is 123 Å². The predicted octanol–water partition coefficient (Wildman–Crippen LogP) is 2.72. The quantitative estimate of drug-likeness (QED) is 0.730. The Morgan fingerprint density at radius 3 is 2.30 bits per heavy atom. The van der Waals surface area contributed by atoms with Crippen LogP contribution < -0.4 is 5.32 Å². The Bertz CT molecular complexity index is 334. The van der Waals surface area contributed by atoms with Gasteiger partial charge in [0.1, 0.15) is 6.04 Å². The van der Waals surface area contributed by atoms with Gasteiger partial charge in [-0.2, -0.15) is 0 Å². The number of piperazine rings is 1. The summed E-state index contributed by atoms with van der Waals surface area (Å²) in [6.45, 7) is 9.11. The summed E-state index contributed by atoms with van der Waals surface area (Å²) in [5, 5.41) is 2.82. The minimum atomic E-state index is -0.385. The summed E-state index contributed by atoms with van der Waals surface area (Å²) in [6.07, 6.45) is 7.18. The summed E-state index contributed by atoms with van der Waals surface area (Å²) < 4.78 is 0. The van der Waals surface area contributed by atoms with E-state index in [9.17, 15) is 9.59 Å². The lowest BCUT2D eigenvalue weighted by Crippen LogP contribution is -2.62. The van der Waals surface area contributed by atoms with Crippen molar-refractivity contribution in [3.05, 3.63) is 0 Å². The third kappa shape index (κ3) is 5.14. The first kappa shape index (κ1) is 17.0. The fraction of sp³-hybridized carbons (Fsp3) is 0.875. The molecule has 1 fully saturated rings. The molecule has 0 bridgehead atoms. The van der Waals surface area contributed by atoms with Crippen LogP contribution in [0.5, 0.6) is 0 Å². The fourth-order valence-electron chi connectivity index (χ4n) is 2.56. The van der Waals surface area contributed by atoms with E-state index in [1.165, 1.54) is 25.7 Å². The molecular weight excluding hydrogens is 252 g/mol. The molecule has 0 aliphatic carbocycles. The highest BCUT2D eigenvalue weighted by Gasteiger charge is 2.39.